The van der Waals surface area contributed by atoms with E-state index in [1.807, 2.05) is 49.4 Å². The van der Waals surface area contributed by atoms with Crippen molar-refractivity contribution in [3.8, 4) is 17.2 Å². The van der Waals surface area contributed by atoms with Gasteiger partial charge in [0.25, 0.3) is 0 Å². The van der Waals surface area contributed by atoms with Crippen molar-refractivity contribution in [3.63, 3.8) is 0 Å². The maximum Gasteiger partial charge on any atom is 0.246 e. The van der Waals surface area contributed by atoms with Crippen LogP contribution in [0.3, 0.4) is 0 Å². The van der Waals surface area contributed by atoms with Crippen LogP contribution in [0.2, 0.25) is 0 Å². The third-order valence-corrected chi connectivity index (χ3v) is 5.75. The Morgan fingerprint density at radius 3 is 2.63 bits per heavy atom. The molecule has 4 aromatic rings. The van der Waals surface area contributed by atoms with E-state index in [-0.39, 0.29) is 11.9 Å². The minimum Gasteiger partial charge on any atom is -0.497 e. The molecule has 0 saturated carbocycles. The standard InChI is InChI=1S/C27H28FN3O4/c1-3-5-24(30-26(33)17-32)27(18-6-4-7-22(14-18)34-2)35-23-12-13-25-19(15-23)16-29-31(25)21-10-8-20(28)9-11-21/h4,6-16,24,27,32H,3,5,17H2,1-2H3,(H,30,33)/t24-,27+/m0/s1. The van der Waals surface area contributed by atoms with Gasteiger partial charge in [0.1, 0.15) is 30.0 Å². The van der Waals surface area contributed by atoms with Crippen molar-refractivity contribution < 1.29 is 23.8 Å². The summed E-state index contributed by atoms with van der Waals surface area (Å²) in [5, 5.41) is 17.5. The third-order valence-electron chi connectivity index (χ3n) is 5.75. The average molecular weight is 478 g/mol. The van der Waals surface area contributed by atoms with Crippen LogP contribution in [0.5, 0.6) is 11.5 Å². The highest BCUT2D eigenvalue weighted by Gasteiger charge is 2.27. The monoisotopic (exact) mass is 477 g/mol. The van der Waals surface area contributed by atoms with Crippen molar-refractivity contribution in [3.05, 3.63) is 84.3 Å². The van der Waals surface area contributed by atoms with E-state index >= 15 is 0 Å². The lowest BCUT2D eigenvalue weighted by atomic mass is 9.97. The van der Waals surface area contributed by atoms with Gasteiger partial charge in [0.15, 0.2) is 0 Å². The fraction of sp³-hybridized carbons (Fsp3) is 0.259. The van der Waals surface area contributed by atoms with Crippen molar-refractivity contribution in [1.82, 2.24) is 15.1 Å². The van der Waals surface area contributed by atoms with Gasteiger partial charge in [-0.3, -0.25) is 4.79 Å². The highest BCUT2D eigenvalue weighted by atomic mass is 19.1. The molecule has 2 N–H and O–H groups in total. The van der Waals surface area contributed by atoms with Gasteiger partial charge in [-0.2, -0.15) is 5.10 Å². The molecular formula is C27H28FN3O4. The van der Waals surface area contributed by atoms with Crippen molar-refractivity contribution in [1.29, 1.82) is 0 Å². The van der Waals surface area contributed by atoms with Crippen molar-refractivity contribution in [2.75, 3.05) is 13.7 Å². The van der Waals surface area contributed by atoms with E-state index in [1.165, 1.54) is 12.1 Å². The van der Waals surface area contributed by atoms with E-state index in [9.17, 15) is 14.3 Å². The number of hydrogen-bond donors (Lipinski definition) is 2. The van der Waals surface area contributed by atoms with E-state index in [0.717, 1.165) is 28.6 Å². The number of nitrogens with zero attached hydrogens (tertiary/aromatic N) is 2. The van der Waals surface area contributed by atoms with Crippen LogP contribution < -0.4 is 14.8 Å². The molecule has 3 aromatic carbocycles. The van der Waals surface area contributed by atoms with Crippen molar-refractivity contribution in [2.24, 2.45) is 0 Å². The largest absolute Gasteiger partial charge is 0.497 e. The van der Waals surface area contributed by atoms with E-state index in [2.05, 4.69) is 10.4 Å². The summed E-state index contributed by atoms with van der Waals surface area (Å²) < 4.78 is 26.9. The molecule has 0 aliphatic rings. The van der Waals surface area contributed by atoms with E-state index in [0.29, 0.717) is 17.9 Å². The number of amides is 1. The molecule has 0 bridgehead atoms. The molecule has 0 fully saturated rings. The molecule has 7 nitrogen and oxygen atoms in total. The summed E-state index contributed by atoms with van der Waals surface area (Å²) >= 11 is 0. The van der Waals surface area contributed by atoms with E-state index < -0.39 is 18.6 Å². The molecule has 182 valence electrons. The Kier molecular flexibility index (Phi) is 7.62. The minimum absolute atomic E-state index is 0.306. The number of halogens is 1. The molecule has 4 rings (SSSR count). The van der Waals surface area contributed by atoms with Gasteiger partial charge < -0.3 is 19.9 Å². The Morgan fingerprint density at radius 2 is 1.91 bits per heavy atom. The van der Waals surface area contributed by atoms with Crippen molar-refractivity contribution in [2.45, 2.75) is 31.9 Å². The van der Waals surface area contributed by atoms with Crippen LogP contribution in [0.4, 0.5) is 4.39 Å². The fourth-order valence-electron chi connectivity index (χ4n) is 4.08. The number of methoxy groups -OCH3 is 1. The summed E-state index contributed by atoms with van der Waals surface area (Å²) in [6.45, 7) is 1.43. The maximum atomic E-state index is 13.3. The number of fused-ring (bicyclic) bond motifs is 1. The first-order valence-electron chi connectivity index (χ1n) is 11.5. The zero-order valence-electron chi connectivity index (χ0n) is 19.6. The number of aliphatic hydroxyl groups excluding tert-OH is 1. The van der Waals surface area contributed by atoms with Gasteiger partial charge in [-0.15, -0.1) is 0 Å². The third kappa shape index (κ3) is 5.60. The zero-order chi connectivity index (χ0) is 24.8. The minimum atomic E-state index is -0.598. The Morgan fingerprint density at radius 1 is 1.11 bits per heavy atom. The summed E-state index contributed by atoms with van der Waals surface area (Å²) in [4.78, 5) is 12.1. The number of benzene rings is 3. The Labute approximate surface area is 203 Å². The first-order chi connectivity index (χ1) is 17.0. The Hall–Kier alpha value is -3.91. The second-order valence-corrected chi connectivity index (χ2v) is 8.19. The van der Waals surface area contributed by atoms with Crippen LogP contribution in [0.1, 0.15) is 31.4 Å². The molecule has 1 aromatic heterocycles. The van der Waals surface area contributed by atoms with E-state index in [4.69, 9.17) is 9.47 Å². The molecule has 0 aliphatic carbocycles. The molecule has 2 atom stereocenters. The van der Waals surface area contributed by atoms with Gasteiger partial charge in [0.05, 0.1) is 30.6 Å². The molecule has 1 amide bonds. The molecule has 0 radical (unpaired) electrons. The first kappa shape index (κ1) is 24.2. The Bertz CT molecular complexity index is 1290. The Balaban J connectivity index is 1.69. The number of aliphatic hydroxyl groups is 1. The van der Waals surface area contributed by atoms with Crippen LogP contribution >= 0.6 is 0 Å². The molecule has 0 spiro atoms. The maximum absolute atomic E-state index is 13.3. The summed E-state index contributed by atoms with van der Waals surface area (Å²) in [6.07, 6.45) is 2.66. The molecule has 8 heteroatoms. The average Bonchev–Trinajstić information content (AvgIpc) is 3.30. The normalized spacial score (nSPS) is 12.8. The van der Waals surface area contributed by atoms with Crippen LogP contribution in [0, 0.1) is 5.82 Å². The first-order valence-corrected chi connectivity index (χ1v) is 11.5. The predicted octanol–water partition coefficient (Wildman–Crippen LogP) is 4.57. The number of nitrogens with one attached hydrogen (secondary N) is 1. The van der Waals surface area contributed by atoms with Gasteiger partial charge in [-0.05, 0) is 66.6 Å². The lowest BCUT2D eigenvalue weighted by molar-refractivity contribution is -0.125. The second kappa shape index (κ2) is 11.0. The highest BCUT2D eigenvalue weighted by Crippen LogP contribution is 2.31. The fourth-order valence-corrected chi connectivity index (χ4v) is 4.08. The molecule has 0 aliphatic heterocycles. The molecular weight excluding hydrogens is 449 g/mol. The second-order valence-electron chi connectivity index (χ2n) is 8.19. The molecule has 0 saturated heterocycles. The number of carbonyl (C=O) groups is 1. The van der Waals surface area contributed by atoms with Gasteiger partial charge in [-0.25, -0.2) is 9.07 Å². The quantitative estimate of drug-likeness (QED) is 0.350. The summed E-state index contributed by atoms with van der Waals surface area (Å²) in [5.41, 5.74) is 2.43. The van der Waals surface area contributed by atoms with Crippen LogP contribution in [0.25, 0.3) is 16.6 Å². The van der Waals surface area contributed by atoms with Crippen LogP contribution in [0.15, 0.2) is 72.9 Å². The molecule has 1 heterocycles. The van der Waals surface area contributed by atoms with E-state index in [1.54, 1.807) is 30.1 Å². The van der Waals surface area contributed by atoms with Crippen LogP contribution in [-0.4, -0.2) is 40.6 Å². The number of carbonyl (C=O) groups excluding carboxylic acids is 1. The van der Waals surface area contributed by atoms with Gasteiger partial charge >= 0.3 is 0 Å². The topological polar surface area (TPSA) is 85.6 Å². The summed E-state index contributed by atoms with van der Waals surface area (Å²) in [5.74, 6) is 0.509. The molecule has 35 heavy (non-hydrogen) atoms. The van der Waals surface area contributed by atoms with Crippen molar-refractivity contribution >= 4 is 16.8 Å². The van der Waals surface area contributed by atoms with Crippen LogP contribution in [-0.2, 0) is 4.79 Å². The zero-order valence-corrected chi connectivity index (χ0v) is 19.6. The summed E-state index contributed by atoms with van der Waals surface area (Å²) in [6, 6.07) is 18.9. The van der Waals surface area contributed by atoms with Gasteiger partial charge in [0, 0.05) is 5.39 Å². The number of aromatic nitrogens is 2. The molecule has 0 unspecified atom stereocenters. The lowest BCUT2D eigenvalue weighted by Gasteiger charge is -2.29. The smallest absolute Gasteiger partial charge is 0.246 e. The van der Waals surface area contributed by atoms with Gasteiger partial charge in [-0.1, -0.05) is 25.5 Å². The number of ether oxygens (including phenoxy) is 2. The summed E-state index contributed by atoms with van der Waals surface area (Å²) in [7, 11) is 1.60. The highest BCUT2D eigenvalue weighted by molar-refractivity contribution is 5.81. The van der Waals surface area contributed by atoms with Gasteiger partial charge in [0.2, 0.25) is 5.91 Å². The predicted molar refractivity (Wildman–Crippen MR) is 131 cm³/mol. The number of hydrogen-bond acceptors (Lipinski definition) is 5. The lowest BCUT2D eigenvalue weighted by Crippen LogP contribution is -2.42. The number of rotatable bonds is 10. The SMILES string of the molecule is CCC[C@H](NC(=O)CO)[C@H](Oc1ccc2c(cnn2-c2ccc(F)cc2)c1)c1cccc(OC)c1.